The molecule has 3 unspecified atom stereocenters. The minimum absolute atomic E-state index is 0.0115. The van der Waals surface area contributed by atoms with Gasteiger partial charge in [0.05, 0.1) is 31.8 Å². The van der Waals surface area contributed by atoms with Gasteiger partial charge in [-0.1, -0.05) is 60.7 Å². The van der Waals surface area contributed by atoms with E-state index in [0.717, 1.165) is 17.5 Å². The van der Waals surface area contributed by atoms with Gasteiger partial charge in [0.25, 0.3) is 0 Å². The number of piperazine rings is 2. The topological polar surface area (TPSA) is 89.5 Å². The number of rotatable bonds is 11. The van der Waals surface area contributed by atoms with Gasteiger partial charge in [-0.25, -0.2) is 0 Å². The first kappa shape index (κ1) is 33.9. The normalized spacial score (nSPS) is 22.0. The molecule has 2 aromatic carbocycles. The van der Waals surface area contributed by atoms with Crippen LogP contribution in [0.4, 0.5) is 13.2 Å². The molecule has 4 heterocycles. The van der Waals surface area contributed by atoms with Crippen LogP contribution in [-0.2, 0) is 16.1 Å². The van der Waals surface area contributed by atoms with E-state index in [-0.39, 0.29) is 60.7 Å². The summed E-state index contributed by atoms with van der Waals surface area (Å²) in [5, 5.41) is 0. The molecule has 0 N–H and O–H groups in total. The van der Waals surface area contributed by atoms with E-state index in [9.17, 15) is 18.0 Å². The SMILES string of the molecule is CCOc1nc(OC)c(CN2CC3CN(C(=O)C4CCOC4)CCN3C(C(c3ccccc3)c3ccccc3)C2)c(OCC(F)(F)F)n1. The summed E-state index contributed by atoms with van der Waals surface area (Å²) in [7, 11) is 1.41. The number of nitrogens with zero attached hydrogens (tertiary/aromatic N) is 5. The van der Waals surface area contributed by atoms with Gasteiger partial charge in [-0.3, -0.25) is 14.6 Å². The highest BCUT2D eigenvalue weighted by molar-refractivity contribution is 5.79. The predicted octanol–water partition coefficient (Wildman–Crippen LogP) is 4.39. The molecule has 0 spiro atoms. The van der Waals surface area contributed by atoms with Crippen LogP contribution in [0.1, 0.15) is 36.0 Å². The molecular formula is C35H42F3N5O5. The molecule has 1 aromatic heterocycles. The number of ether oxygens (including phenoxy) is 4. The zero-order valence-electron chi connectivity index (χ0n) is 27.3. The Labute approximate surface area is 278 Å². The van der Waals surface area contributed by atoms with Crippen molar-refractivity contribution < 1.29 is 36.9 Å². The predicted molar refractivity (Wildman–Crippen MR) is 171 cm³/mol. The molecule has 6 rings (SSSR count). The molecular weight excluding hydrogens is 627 g/mol. The molecule has 258 valence electrons. The van der Waals surface area contributed by atoms with Crippen LogP contribution in [0.15, 0.2) is 60.7 Å². The Kier molecular flexibility index (Phi) is 10.7. The number of aromatic nitrogens is 2. The lowest BCUT2D eigenvalue weighted by Gasteiger charge is -2.53. The molecule has 3 aliphatic rings. The number of alkyl halides is 3. The van der Waals surface area contributed by atoms with Crippen molar-refractivity contribution in [1.82, 2.24) is 24.7 Å². The molecule has 1 amide bonds. The van der Waals surface area contributed by atoms with Crippen molar-refractivity contribution in [1.29, 1.82) is 0 Å². The van der Waals surface area contributed by atoms with Gasteiger partial charge in [-0.05, 0) is 24.5 Å². The number of hydrogen-bond donors (Lipinski definition) is 0. The van der Waals surface area contributed by atoms with Crippen LogP contribution in [0.2, 0.25) is 0 Å². The number of carbonyl (C=O) groups is 1. The number of hydrogen-bond acceptors (Lipinski definition) is 9. The van der Waals surface area contributed by atoms with Crippen LogP contribution >= 0.6 is 0 Å². The van der Waals surface area contributed by atoms with Gasteiger partial charge in [0, 0.05) is 63.9 Å². The van der Waals surface area contributed by atoms with Gasteiger partial charge in [0.1, 0.15) is 0 Å². The molecule has 3 saturated heterocycles. The van der Waals surface area contributed by atoms with E-state index in [2.05, 4.69) is 44.0 Å². The second-order valence-corrected chi connectivity index (χ2v) is 12.4. The highest BCUT2D eigenvalue weighted by atomic mass is 19.4. The van der Waals surface area contributed by atoms with E-state index in [1.165, 1.54) is 7.11 Å². The van der Waals surface area contributed by atoms with Gasteiger partial charge in [0.15, 0.2) is 6.61 Å². The second kappa shape index (κ2) is 15.1. The number of fused-ring (bicyclic) bond motifs is 1. The number of methoxy groups -OCH3 is 1. The fraction of sp³-hybridized carbons (Fsp3) is 0.514. The fourth-order valence-corrected chi connectivity index (χ4v) is 7.20. The standard InChI is InChI=1S/C35H42F3N5O5/c1-3-47-34-39-31(45-2)28(32(40-34)48-23-35(36,37)38)20-41-18-27-19-42(33(44)26-14-17-46-22-26)15-16-43(27)29(21-41)30(24-10-6-4-7-11-24)25-12-8-5-9-13-25/h4-13,26-27,29-30H,3,14-23H2,1-2H3. The van der Waals surface area contributed by atoms with Crippen LogP contribution in [-0.4, -0.2) is 115 Å². The molecule has 0 radical (unpaired) electrons. The van der Waals surface area contributed by atoms with Crippen LogP contribution in [0.5, 0.6) is 17.8 Å². The van der Waals surface area contributed by atoms with E-state index in [0.29, 0.717) is 51.5 Å². The zero-order valence-corrected chi connectivity index (χ0v) is 27.3. The Balaban J connectivity index is 1.36. The summed E-state index contributed by atoms with van der Waals surface area (Å²) in [6, 6.07) is 20.5. The number of carbonyl (C=O) groups excluding carboxylic acids is 1. The van der Waals surface area contributed by atoms with E-state index in [1.54, 1.807) is 6.92 Å². The summed E-state index contributed by atoms with van der Waals surface area (Å²) in [4.78, 5) is 28.8. The smallest absolute Gasteiger partial charge is 0.422 e. The van der Waals surface area contributed by atoms with E-state index >= 15 is 0 Å². The minimum Gasteiger partial charge on any atom is -0.481 e. The van der Waals surface area contributed by atoms with Crippen molar-refractivity contribution in [2.75, 3.05) is 66.3 Å². The van der Waals surface area contributed by atoms with Gasteiger partial charge in [0.2, 0.25) is 17.7 Å². The zero-order chi connectivity index (χ0) is 33.7. The van der Waals surface area contributed by atoms with Crippen molar-refractivity contribution in [2.45, 2.75) is 44.1 Å². The largest absolute Gasteiger partial charge is 0.481 e. The van der Waals surface area contributed by atoms with Gasteiger partial charge < -0.3 is 23.8 Å². The molecule has 0 bridgehead atoms. The number of halogens is 3. The fourth-order valence-electron chi connectivity index (χ4n) is 7.20. The first-order valence-corrected chi connectivity index (χ1v) is 16.5. The molecule has 3 aromatic rings. The summed E-state index contributed by atoms with van der Waals surface area (Å²) >= 11 is 0. The Bertz CT molecular complexity index is 1470. The second-order valence-electron chi connectivity index (χ2n) is 12.4. The molecule has 10 nitrogen and oxygen atoms in total. The van der Waals surface area contributed by atoms with Crippen molar-refractivity contribution in [3.05, 3.63) is 77.4 Å². The lowest BCUT2D eigenvalue weighted by Crippen LogP contribution is -2.67. The Morgan fingerprint density at radius 1 is 0.958 bits per heavy atom. The summed E-state index contributed by atoms with van der Waals surface area (Å²) < 4.78 is 61.8. The Morgan fingerprint density at radius 2 is 1.65 bits per heavy atom. The van der Waals surface area contributed by atoms with Crippen LogP contribution in [0, 0.1) is 5.92 Å². The summed E-state index contributed by atoms with van der Waals surface area (Å²) in [6.45, 7) is 4.65. The molecule has 0 aliphatic carbocycles. The molecule has 3 fully saturated rings. The monoisotopic (exact) mass is 669 g/mol. The third-order valence-electron chi connectivity index (χ3n) is 9.29. The summed E-state index contributed by atoms with van der Waals surface area (Å²) in [5.41, 5.74) is 2.62. The third kappa shape index (κ3) is 7.85. The first-order chi connectivity index (χ1) is 23.2. The highest BCUT2D eigenvalue weighted by Crippen LogP contribution is 2.38. The van der Waals surface area contributed by atoms with Gasteiger partial charge in [-0.2, -0.15) is 23.1 Å². The van der Waals surface area contributed by atoms with Crippen molar-refractivity contribution in [3.63, 3.8) is 0 Å². The molecule has 13 heteroatoms. The maximum atomic E-state index is 13.5. The van der Waals surface area contributed by atoms with Crippen LogP contribution in [0.3, 0.4) is 0 Å². The third-order valence-corrected chi connectivity index (χ3v) is 9.29. The van der Waals surface area contributed by atoms with Crippen molar-refractivity contribution in [2.24, 2.45) is 5.92 Å². The van der Waals surface area contributed by atoms with Crippen molar-refractivity contribution >= 4 is 5.91 Å². The van der Waals surface area contributed by atoms with Crippen LogP contribution in [0.25, 0.3) is 0 Å². The van der Waals surface area contributed by atoms with Gasteiger partial charge >= 0.3 is 12.2 Å². The highest BCUT2D eigenvalue weighted by Gasteiger charge is 2.44. The molecule has 48 heavy (non-hydrogen) atoms. The summed E-state index contributed by atoms with van der Waals surface area (Å²) in [6.07, 6.45) is -3.85. The average Bonchev–Trinajstić information content (AvgIpc) is 3.64. The van der Waals surface area contributed by atoms with Crippen molar-refractivity contribution in [3.8, 4) is 17.8 Å². The number of amides is 1. The van der Waals surface area contributed by atoms with Gasteiger partial charge in [-0.15, -0.1) is 0 Å². The maximum absolute atomic E-state index is 13.5. The maximum Gasteiger partial charge on any atom is 0.422 e. The molecule has 3 aliphatic heterocycles. The quantitative estimate of drug-likeness (QED) is 0.295. The van der Waals surface area contributed by atoms with E-state index in [1.807, 2.05) is 41.3 Å². The molecule has 0 saturated carbocycles. The number of benzene rings is 2. The summed E-state index contributed by atoms with van der Waals surface area (Å²) in [5.74, 6) is -0.164. The molecule has 3 atom stereocenters. The lowest BCUT2D eigenvalue weighted by molar-refractivity contribution is -0.154. The van der Waals surface area contributed by atoms with Crippen LogP contribution < -0.4 is 14.2 Å². The Hall–Kier alpha value is -3.94. The first-order valence-electron chi connectivity index (χ1n) is 16.5. The van der Waals surface area contributed by atoms with E-state index < -0.39 is 12.8 Å². The minimum atomic E-state index is -4.57. The lowest BCUT2D eigenvalue weighted by atomic mass is 9.81. The Morgan fingerprint density at radius 3 is 2.25 bits per heavy atom. The van der Waals surface area contributed by atoms with E-state index in [4.69, 9.17) is 18.9 Å². The average molecular weight is 670 g/mol.